The molecule has 0 radical (unpaired) electrons. The Morgan fingerprint density at radius 2 is 2.05 bits per heavy atom. The maximum atomic E-state index is 5.95. The lowest BCUT2D eigenvalue weighted by atomic mass is 9.85. The smallest absolute Gasteiger partial charge is 0.0748 e. The van der Waals surface area contributed by atoms with Crippen molar-refractivity contribution in [1.29, 1.82) is 0 Å². The predicted molar refractivity (Wildman–Crippen MR) is 86.2 cm³/mol. The van der Waals surface area contributed by atoms with Crippen LogP contribution in [0.2, 0.25) is 0 Å². The highest BCUT2D eigenvalue weighted by atomic mass is 79.9. The molecule has 19 heavy (non-hydrogen) atoms. The van der Waals surface area contributed by atoms with E-state index in [4.69, 9.17) is 5.84 Å². The van der Waals surface area contributed by atoms with E-state index in [2.05, 4.69) is 51.5 Å². The molecule has 1 atom stereocenters. The predicted octanol–water partition coefficient (Wildman–Crippen LogP) is 3.67. The first kappa shape index (κ1) is 15.4. The van der Waals surface area contributed by atoms with Crippen molar-refractivity contribution >= 4 is 27.3 Å². The Balaban J connectivity index is 2.39. The van der Waals surface area contributed by atoms with E-state index < -0.39 is 0 Å². The van der Waals surface area contributed by atoms with Crippen molar-refractivity contribution in [3.05, 3.63) is 20.8 Å². The van der Waals surface area contributed by atoms with Gasteiger partial charge in [0.15, 0.2) is 0 Å². The van der Waals surface area contributed by atoms with Crippen LogP contribution in [0.4, 0.5) is 0 Å². The van der Waals surface area contributed by atoms with Crippen molar-refractivity contribution in [2.75, 3.05) is 13.1 Å². The fraction of sp³-hybridized carbons (Fsp3) is 0.714. The minimum Gasteiger partial charge on any atom is -0.296 e. The molecule has 1 saturated carbocycles. The topological polar surface area (TPSA) is 41.3 Å². The molecule has 1 aromatic rings. The fourth-order valence-corrected chi connectivity index (χ4v) is 5.39. The van der Waals surface area contributed by atoms with Crippen molar-refractivity contribution in [2.24, 2.45) is 5.84 Å². The molecule has 1 unspecified atom stereocenters. The van der Waals surface area contributed by atoms with E-state index >= 15 is 0 Å². The van der Waals surface area contributed by atoms with Gasteiger partial charge >= 0.3 is 0 Å². The first-order valence-corrected chi connectivity index (χ1v) is 8.81. The van der Waals surface area contributed by atoms with Crippen LogP contribution in [0.25, 0.3) is 0 Å². The van der Waals surface area contributed by atoms with Crippen molar-refractivity contribution in [3.63, 3.8) is 0 Å². The van der Waals surface area contributed by atoms with E-state index in [1.807, 2.05) is 0 Å². The summed E-state index contributed by atoms with van der Waals surface area (Å²) in [6, 6.07) is 2.33. The van der Waals surface area contributed by atoms with Crippen LogP contribution >= 0.6 is 27.3 Å². The molecule has 5 heteroatoms. The Hall–Kier alpha value is 0.0600. The number of likely N-dealkylation sites (N-methyl/N-ethyl adjacent to an activating group) is 1. The van der Waals surface area contributed by atoms with Crippen molar-refractivity contribution in [3.8, 4) is 0 Å². The zero-order chi connectivity index (χ0) is 13.9. The molecule has 0 amide bonds. The first-order chi connectivity index (χ1) is 9.19. The lowest BCUT2D eigenvalue weighted by Crippen LogP contribution is -2.56. The van der Waals surface area contributed by atoms with Crippen LogP contribution in [-0.2, 0) is 0 Å². The summed E-state index contributed by atoms with van der Waals surface area (Å²) >= 11 is 5.46. The van der Waals surface area contributed by atoms with Crippen LogP contribution in [-0.4, -0.2) is 23.5 Å². The Morgan fingerprint density at radius 3 is 2.47 bits per heavy atom. The number of nitrogens with zero attached hydrogens (tertiary/aromatic N) is 1. The molecule has 1 fully saturated rings. The number of rotatable bonds is 6. The van der Waals surface area contributed by atoms with Gasteiger partial charge in [-0.3, -0.25) is 16.2 Å². The number of nitrogens with one attached hydrogen (secondary N) is 1. The summed E-state index contributed by atoms with van der Waals surface area (Å²) in [5, 5.41) is 2.13. The third-order valence-corrected chi connectivity index (χ3v) is 6.41. The second kappa shape index (κ2) is 6.68. The van der Waals surface area contributed by atoms with Crippen LogP contribution in [0.1, 0.15) is 50.4 Å². The van der Waals surface area contributed by atoms with Gasteiger partial charge in [0.2, 0.25) is 0 Å². The summed E-state index contributed by atoms with van der Waals surface area (Å²) in [7, 11) is 0. The average Bonchev–Trinajstić information content (AvgIpc) is 3.04. The highest BCUT2D eigenvalue weighted by molar-refractivity contribution is 9.10. The van der Waals surface area contributed by atoms with Gasteiger partial charge in [0.1, 0.15) is 0 Å². The maximum Gasteiger partial charge on any atom is 0.0748 e. The van der Waals surface area contributed by atoms with Gasteiger partial charge in [0, 0.05) is 14.9 Å². The van der Waals surface area contributed by atoms with E-state index in [-0.39, 0.29) is 11.6 Å². The van der Waals surface area contributed by atoms with Gasteiger partial charge in [0.25, 0.3) is 0 Å². The van der Waals surface area contributed by atoms with E-state index in [9.17, 15) is 0 Å². The summed E-state index contributed by atoms with van der Waals surface area (Å²) in [5.74, 6) is 5.95. The number of hydrazine groups is 1. The van der Waals surface area contributed by atoms with Crippen LogP contribution in [0.3, 0.4) is 0 Å². The molecular weight excluding hydrogens is 322 g/mol. The Kier molecular flexibility index (Phi) is 5.43. The summed E-state index contributed by atoms with van der Waals surface area (Å²) in [6.07, 6.45) is 5.07. The molecule has 0 saturated heterocycles. The van der Waals surface area contributed by atoms with Crippen molar-refractivity contribution in [1.82, 2.24) is 10.3 Å². The zero-order valence-electron chi connectivity index (χ0n) is 11.8. The summed E-state index contributed by atoms with van der Waals surface area (Å²) in [5.41, 5.74) is 3.29. The average molecular weight is 346 g/mol. The first-order valence-electron chi connectivity index (χ1n) is 7.13. The summed E-state index contributed by atoms with van der Waals surface area (Å²) < 4.78 is 1.18. The highest BCUT2D eigenvalue weighted by Crippen LogP contribution is 2.46. The molecule has 1 aliphatic carbocycles. The number of halogens is 1. The number of hydrogen-bond acceptors (Lipinski definition) is 4. The molecule has 0 aliphatic heterocycles. The van der Waals surface area contributed by atoms with Crippen LogP contribution < -0.4 is 11.3 Å². The van der Waals surface area contributed by atoms with Gasteiger partial charge in [0.05, 0.1) is 6.04 Å². The van der Waals surface area contributed by atoms with E-state index in [1.54, 1.807) is 11.3 Å². The second-order valence-electron chi connectivity index (χ2n) is 5.22. The van der Waals surface area contributed by atoms with Gasteiger partial charge in [-0.1, -0.05) is 26.7 Å². The fourth-order valence-electron chi connectivity index (χ4n) is 3.61. The van der Waals surface area contributed by atoms with Gasteiger partial charge in [-0.25, -0.2) is 0 Å². The van der Waals surface area contributed by atoms with Crippen LogP contribution in [0.15, 0.2) is 15.9 Å². The normalized spacial score (nSPS) is 20.1. The Morgan fingerprint density at radius 1 is 1.42 bits per heavy atom. The molecule has 1 heterocycles. The molecule has 1 aliphatic rings. The quantitative estimate of drug-likeness (QED) is 0.610. The van der Waals surface area contributed by atoms with E-state index in [0.29, 0.717) is 0 Å². The molecule has 2 rings (SSSR count). The van der Waals surface area contributed by atoms with Gasteiger partial charge in [-0.05, 0) is 53.3 Å². The number of nitrogens with two attached hydrogens (primary N) is 1. The molecule has 0 aromatic carbocycles. The van der Waals surface area contributed by atoms with Crippen molar-refractivity contribution < 1.29 is 0 Å². The lowest BCUT2D eigenvalue weighted by molar-refractivity contribution is 0.0637. The molecule has 3 N–H and O–H groups in total. The van der Waals surface area contributed by atoms with E-state index in [1.165, 1.54) is 35.0 Å². The third kappa shape index (κ3) is 2.76. The van der Waals surface area contributed by atoms with Gasteiger partial charge < -0.3 is 0 Å². The maximum absolute atomic E-state index is 5.95. The molecular formula is C14H24BrN3S. The SMILES string of the molecule is CCN(CC)C1(C(NN)c2sccc2Br)CCCC1. The molecule has 0 bridgehead atoms. The third-order valence-electron chi connectivity index (χ3n) is 4.47. The largest absolute Gasteiger partial charge is 0.296 e. The van der Waals surface area contributed by atoms with Crippen LogP contribution in [0, 0.1) is 0 Å². The monoisotopic (exact) mass is 345 g/mol. The molecule has 3 nitrogen and oxygen atoms in total. The summed E-state index contributed by atoms with van der Waals surface area (Å²) in [6.45, 7) is 6.66. The highest BCUT2D eigenvalue weighted by Gasteiger charge is 2.46. The number of hydrogen-bond donors (Lipinski definition) is 2. The van der Waals surface area contributed by atoms with Crippen LogP contribution in [0.5, 0.6) is 0 Å². The second-order valence-corrected chi connectivity index (χ2v) is 7.02. The van der Waals surface area contributed by atoms with Crippen molar-refractivity contribution in [2.45, 2.75) is 51.1 Å². The van der Waals surface area contributed by atoms with E-state index in [0.717, 1.165) is 13.1 Å². The standard InChI is InChI=1S/C14H24BrN3S/c1-3-18(4-2)14(8-5-6-9-14)13(17-16)12-11(15)7-10-19-12/h7,10,13,17H,3-6,8-9,16H2,1-2H3. The molecule has 108 valence electrons. The minimum absolute atomic E-state index is 0.172. The Labute approximate surface area is 128 Å². The lowest BCUT2D eigenvalue weighted by Gasteiger charge is -2.45. The molecule has 1 aromatic heterocycles. The zero-order valence-corrected chi connectivity index (χ0v) is 14.2. The number of thiophene rings is 1. The minimum atomic E-state index is 0.172. The molecule has 0 spiro atoms. The van der Waals surface area contributed by atoms with Gasteiger partial charge in [-0.15, -0.1) is 11.3 Å². The summed E-state index contributed by atoms with van der Waals surface area (Å²) in [4.78, 5) is 3.92. The Bertz CT molecular complexity index is 397. The van der Waals surface area contributed by atoms with Gasteiger partial charge in [-0.2, -0.15) is 0 Å².